The van der Waals surface area contributed by atoms with Crippen molar-refractivity contribution >= 4 is 5.97 Å². The molecule has 0 aliphatic heterocycles. The third-order valence-electron chi connectivity index (χ3n) is 11.2. The molecule has 3 fully saturated rings. The van der Waals surface area contributed by atoms with Crippen LogP contribution in [0.15, 0.2) is 12.1 Å². The van der Waals surface area contributed by atoms with E-state index < -0.39 is 23.0 Å². The molecule has 0 saturated heterocycles. The van der Waals surface area contributed by atoms with Crippen molar-refractivity contribution in [2.45, 2.75) is 148 Å². The summed E-state index contributed by atoms with van der Waals surface area (Å²) in [6.45, 7) is 4.51. The van der Waals surface area contributed by atoms with Crippen LogP contribution in [0.1, 0.15) is 147 Å². The van der Waals surface area contributed by atoms with Crippen LogP contribution in [0.2, 0.25) is 0 Å². The van der Waals surface area contributed by atoms with Crippen molar-refractivity contribution in [1.82, 2.24) is 0 Å². The first kappa shape index (κ1) is 30.5. The molecule has 39 heavy (non-hydrogen) atoms. The van der Waals surface area contributed by atoms with Gasteiger partial charge in [-0.2, -0.15) is 0 Å². The van der Waals surface area contributed by atoms with E-state index in [1.165, 1.54) is 89.9 Å². The Kier molecular flexibility index (Phi) is 11.3. The summed E-state index contributed by atoms with van der Waals surface area (Å²) in [6.07, 6.45) is 21.7. The zero-order valence-corrected chi connectivity index (χ0v) is 24.8. The van der Waals surface area contributed by atoms with E-state index in [0.717, 1.165) is 31.1 Å². The lowest BCUT2D eigenvalue weighted by Crippen LogP contribution is -2.42. The fourth-order valence-corrected chi connectivity index (χ4v) is 8.56. The minimum Gasteiger partial charge on any atom is -0.481 e. The van der Waals surface area contributed by atoms with E-state index in [4.69, 9.17) is 0 Å². The summed E-state index contributed by atoms with van der Waals surface area (Å²) >= 11 is 0. The first-order valence-corrected chi connectivity index (χ1v) is 16.6. The Morgan fingerprint density at radius 1 is 0.744 bits per heavy atom. The molecule has 4 rings (SSSR count). The van der Waals surface area contributed by atoms with Gasteiger partial charge in [-0.1, -0.05) is 103 Å². The van der Waals surface area contributed by atoms with Gasteiger partial charge in [-0.15, -0.1) is 0 Å². The van der Waals surface area contributed by atoms with Crippen LogP contribution in [0, 0.1) is 41.2 Å². The Bertz CT molecular complexity index is 903. The van der Waals surface area contributed by atoms with E-state index in [0.29, 0.717) is 42.6 Å². The van der Waals surface area contributed by atoms with Gasteiger partial charge in [0.15, 0.2) is 11.6 Å². The van der Waals surface area contributed by atoms with Crippen LogP contribution in [0.3, 0.4) is 0 Å². The minimum absolute atomic E-state index is 0.0777. The average Bonchev–Trinajstić information content (AvgIpc) is 2.95. The molecule has 0 aromatic heterocycles. The largest absolute Gasteiger partial charge is 0.481 e. The number of carboxylic acid groups (broad SMARTS) is 1. The number of benzene rings is 1. The molecule has 220 valence electrons. The molecular weight excluding hydrogens is 490 g/mol. The number of hydrogen-bond donors (Lipinski definition) is 1. The zero-order chi connectivity index (χ0) is 27.8. The molecule has 3 aliphatic rings. The molecule has 0 amide bonds. The lowest BCUT2D eigenvalue weighted by atomic mass is 9.62. The molecule has 0 heterocycles. The molecule has 3 saturated carbocycles. The fraction of sp³-hybridized carbons (Fsp3) is 0.800. The molecule has 0 bridgehead atoms. The molecule has 0 unspecified atom stereocenters. The van der Waals surface area contributed by atoms with Crippen LogP contribution < -0.4 is 0 Å². The van der Waals surface area contributed by atoms with Gasteiger partial charge < -0.3 is 5.11 Å². The third-order valence-corrected chi connectivity index (χ3v) is 11.2. The summed E-state index contributed by atoms with van der Waals surface area (Å²) in [6, 6.07) is 3.30. The molecule has 3 aliphatic carbocycles. The van der Waals surface area contributed by atoms with Gasteiger partial charge in [0.2, 0.25) is 0 Å². The van der Waals surface area contributed by atoms with Gasteiger partial charge in [0.25, 0.3) is 0 Å². The molecule has 1 aromatic rings. The highest BCUT2D eigenvalue weighted by molar-refractivity contribution is 5.81. The highest BCUT2D eigenvalue weighted by Gasteiger charge is 2.47. The summed E-state index contributed by atoms with van der Waals surface area (Å²) in [7, 11) is 0. The topological polar surface area (TPSA) is 37.3 Å². The minimum atomic E-state index is -1.30. The maximum Gasteiger partial charge on any atom is 0.314 e. The van der Waals surface area contributed by atoms with Crippen molar-refractivity contribution in [1.29, 1.82) is 0 Å². The van der Waals surface area contributed by atoms with E-state index in [-0.39, 0.29) is 5.56 Å². The number of carbonyl (C=O) groups is 1. The first-order valence-electron chi connectivity index (χ1n) is 16.6. The molecule has 0 radical (unpaired) electrons. The van der Waals surface area contributed by atoms with E-state index >= 15 is 8.78 Å². The van der Waals surface area contributed by atoms with E-state index in [2.05, 4.69) is 13.8 Å². The Morgan fingerprint density at radius 3 is 1.90 bits per heavy atom. The predicted molar refractivity (Wildman–Crippen MR) is 156 cm³/mol. The van der Waals surface area contributed by atoms with Gasteiger partial charge in [0.05, 0.1) is 5.41 Å². The Balaban J connectivity index is 1.33. The molecular formula is C35H54F2O2. The molecule has 2 nitrogen and oxygen atoms in total. The predicted octanol–water partition coefficient (Wildman–Crippen LogP) is 10.4. The van der Waals surface area contributed by atoms with Crippen LogP contribution in [-0.2, 0) is 16.6 Å². The summed E-state index contributed by atoms with van der Waals surface area (Å²) in [5.41, 5.74) is -0.802. The Labute approximate surface area is 236 Å². The number of unbranched alkanes of at least 4 members (excludes halogenated alkanes) is 2. The lowest BCUT2D eigenvalue weighted by Gasteiger charge is -2.42. The van der Waals surface area contributed by atoms with Gasteiger partial charge in [0, 0.05) is 5.56 Å². The average molecular weight is 545 g/mol. The van der Waals surface area contributed by atoms with Gasteiger partial charge in [-0.25, -0.2) is 8.78 Å². The SMILES string of the molecule is CCCCCC1CCC(CCc2ccc(C3(C(=O)O)CCC(C4CCC(CCC)CC4)CC3)c(F)c2F)CC1. The second-order valence-corrected chi connectivity index (χ2v) is 13.6. The number of halogens is 2. The molecule has 4 heteroatoms. The quantitative estimate of drug-likeness (QED) is 0.266. The number of aryl methyl sites for hydroxylation is 1. The van der Waals surface area contributed by atoms with Crippen molar-refractivity contribution in [2.24, 2.45) is 29.6 Å². The van der Waals surface area contributed by atoms with Crippen LogP contribution in [-0.4, -0.2) is 11.1 Å². The van der Waals surface area contributed by atoms with Crippen molar-refractivity contribution in [2.75, 3.05) is 0 Å². The Hall–Kier alpha value is -1.45. The van der Waals surface area contributed by atoms with Gasteiger partial charge in [-0.05, 0) is 86.5 Å². The van der Waals surface area contributed by atoms with Crippen LogP contribution >= 0.6 is 0 Å². The molecule has 0 atom stereocenters. The number of carboxylic acids is 1. The van der Waals surface area contributed by atoms with Crippen LogP contribution in [0.4, 0.5) is 8.78 Å². The zero-order valence-electron chi connectivity index (χ0n) is 24.8. The second kappa shape index (κ2) is 14.4. The molecule has 1 aromatic carbocycles. The number of aliphatic carboxylic acids is 1. The fourth-order valence-electron chi connectivity index (χ4n) is 8.56. The first-order chi connectivity index (χ1) is 18.9. The summed E-state index contributed by atoms with van der Waals surface area (Å²) in [5.74, 6) is 0.774. The van der Waals surface area contributed by atoms with Crippen LogP contribution in [0.5, 0.6) is 0 Å². The van der Waals surface area contributed by atoms with E-state index in [1.807, 2.05) is 0 Å². The third kappa shape index (κ3) is 7.45. The van der Waals surface area contributed by atoms with Crippen molar-refractivity contribution < 1.29 is 18.7 Å². The van der Waals surface area contributed by atoms with Gasteiger partial charge >= 0.3 is 5.97 Å². The lowest BCUT2D eigenvalue weighted by molar-refractivity contribution is -0.146. The highest BCUT2D eigenvalue weighted by atomic mass is 19.2. The second-order valence-electron chi connectivity index (χ2n) is 13.6. The monoisotopic (exact) mass is 544 g/mol. The molecule has 1 N–H and O–H groups in total. The summed E-state index contributed by atoms with van der Waals surface area (Å²) < 4.78 is 30.9. The maximum absolute atomic E-state index is 15.5. The molecule has 0 spiro atoms. The van der Waals surface area contributed by atoms with Gasteiger partial charge in [0.1, 0.15) is 0 Å². The highest BCUT2D eigenvalue weighted by Crippen LogP contribution is 2.48. The number of hydrogen-bond acceptors (Lipinski definition) is 1. The summed E-state index contributed by atoms with van der Waals surface area (Å²) in [4.78, 5) is 12.6. The number of rotatable bonds is 12. The smallest absolute Gasteiger partial charge is 0.314 e. The standard InChI is InChI=1S/C35H54F2O2/c1-3-5-6-8-26-9-11-27(12-10-26)15-18-30-19-20-31(33(37)32(30)36)35(34(38)39)23-21-29(22-24-35)28-16-13-25(7-4-2)14-17-28/h19-20,25-29H,3-18,21-24H2,1-2H3,(H,38,39). The normalized spacial score (nSPS) is 31.7. The summed E-state index contributed by atoms with van der Waals surface area (Å²) in [5, 5.41) is 10.3. The van der Waals surface area contributed by atoms with Crippen molar-refractivity contribution in [3.05, 3.63) is 34.9 Å². The van der Waals surface area contributed by atoms with Crippen LogP contribution in [0.25, 0.3) is 0 Å². The van der Waals surface area contributed by atoms with Crippen molar-refractivity contribution in [3.63, 3.8) is 0 Å². The van der Waals surface area contributed by atoms with Crippen molar-refractivity contribution in [3.8, 4) is 0 Å². The maximum atomic E-state index is 15.5. The van der Waals surface area contributed by atoms with E-state index in [1.54, 1.807) is 12.1 Å². The van der Waals surface area contributed by atoms with E-state index in [9.17, 15) is 9.90 Å². The van der Waals surface area contributed by atoms with Gasteiger partial charge in [-0.3, -0.25) is 4.79 Å². The Morgan fingerprint density at radius 2 is 1.31 bits per heavy atom.